The molecule has 6 rings (SSSR count). The molecule has 2 aliphatic rings. The number of carbonyl (C=O) groups excluding carboxylic acids is 13. The molecule has 6 N–H and O–H groups in total. The fourth-order valence-corrected chi connectivity index (χ4v) is 12.9. The van der Waals surface area contributed by atoms with E-state index in [2.05, 4.69) is 26.6 Å². The molecule has 0 aliphatic carbocycles. The standard InChI is InChI=1S/C78H109N13O14/c1-48(2)41-61-75(102)89(14)63(45-57-37-27-19-28-38-57)77(104)86(11)59(42-54-31-21-16-22-32-54)70(97)79-47-65(94)85(10)52(7)69(96)83-67(53(8)92)72(99)81-58(46-64(93)84(9)51(6)68(95)82-66(49(3)4)78(105)90(61)15)74(101)88(13)62(44-56-35-25-18-26-36-56)76(103)87(12)60(43-55-33-23-17-24-34-55)71(98)80-50(5)73(100)91-39-29-20-30-40-91/h16-19,21-28,31-38,48-53,58-63,66-67,92H,20,29-30,39-47H2,1-15H3,(H,79,97)(H,80,98)(H,81,99)(H,82,95)(H,83,96)/t50-,51-,52-,53+,58-,59-,60-,61-,62-,63-,66-,67-/m0/s1. The molecule has 2 aliphatic heterocycles. The van der Waals surface area contributed by atoms with Crippen LogP contribution in [0.2, 0.25) is 0 Å². The van der Waals surface area contributed by atoms with Crippen LogP contribution in [0.25, 0.3) is 0 Å². The van der Waals surface area contributed by atoms with Crippen LogP contribution < -0.4 is 26.6 Å². The maximum absolute atomic E-state index is 15.7. The summed E-state index contributed by atoms with van der Waals surface area (Å²) in [5.74, 6) is -11.2. The summed E-state index contributed by atoms with van der Waals surface area (Å²) in [4.78, 5) is 203. The number of hydrogen-bond acceptors (Lipinski definition) is 14. The van der Waals surface area contributed by atoms with Gasteiger partial charge in [-0.2, -0.15) is 0 Å². The molecule has 0 radical (unpaired) electrons. The Morgan fingerprint density at radius 3 is 1.43 bits per heavy atom. The fourth-order valence-electron chi connectivity index (χ4n) is 12.9. The van der Waals surface area contributed by atoms with Crippen LogP contribution in [0.15, 0.2) is 121 Å². The normalized spacial score (nSPS) is 22.7. The lowest BCUT2D eigenvalue weighted by Gasteiger charge is -2.39. The third kappa shape index (κ3) is 22.7. The number of hydrogen-bond donors (Lipinski definition) is 6. The number of likely N-dealkylation sites (N-methyl/N-ethyl adjacent to an activating group) is 7. The molecule has 27 nitrogen and oxygen atoms in total. The predicted octanol–water partition coefficient (Wildman–Crippen LogP) is 2.36. The molecule has 0 aromatic heterocycles. The molecule has 2 fully saturated rings. The summed E-state index contributed by atoms with van der Waals surface area (Å²) < 4.78 is 0. The number of aliphatic hydroxyl groups is 1. The number of nitrogens with one attached hydrogen (secondary N) is 5. The highest BCUT2D eigenvalue weighted by atomic mass is 16.3. The summed E-state index contributed by atoms with van der Waals surface area (Å²) in [6, 6.07) is 19.6. The van der Waals surface area contributed by atoms with Crippen LogP contribution in [-0.4, -0.2) is 263 Å². The van der Waals surface area contributed by atoms with Crippen molar-refractivity contribution in [1.82, 2.24) is 65.8 Å². The van der Waals surface area contributed by atoms with E-state index in [0.717, 1.165) is 34.0 Å². The first-order chi connectivity index (χ1) is 49.6. The number of nitrogens with zero attached hydrogens (tertiary/aromatic N) is 8. The van der Waals surface area contributed by atoms with Crippen molar-refractivity contribution < 1.29 is 67.4 Å². The van der Waals surface area contributed by atoms with Gasteiger partial charge in [-0.1, -0.05) is 149 Å². The molecule has 0 unspecified atom stereocenters. The van der Waals surface area contributed by atoms with E-state index in [0.29, 0.717) is 35.3 Å². The molecule has 0 bridgehead atoms. The second-order valence-corrected chi connectivity index (χ2v) is 28.6. The Hall–Kier alpha value is -10.0. The highest BCUT2D eigenvalue weighted by Gasteiger charge is 2.44. The molecule has 570 valence electrons. The van der Waals surface area contributed by atoms with Gasteiger partial charge < -0.3 is 70.9 Å². The Morgan fingerprint density at radius 1 is 0.505 bits per heavy atom. The van der Waals surface area contributed by atoms with Gasteiger partial charge in [0.25, 0.3) is 0 Å². The zero-order chi connectivity index (χ0) is 77.7. The van der Waals surface area contributed by atoms with Crippen molar-refractivity contribution in [3.05, 3.63) is 144 Å². The number of rotatable bonds is 19. The van der Waals surface area contributed by atoms with Crippen molar-refractivity contribution in [2.45, 2.75) is 186 Å². The van der Waals surface area contributed by atoms with Crippen LogP contribution in [0.4, 0.5) is 0 Å². The van der Waals surface area contributed by atoms with Gasteiger partial charge >= 0.3 is 0 Å². The second-order valence-electron chi connectivity index (χ2n) is 28.6. The average molecular weight is 1450 g/mol. The zero-order valence-electron chi connectivity index (χ0n) is 63.4. The summed E-state index contributed by atoms with van der Waals surface area (Å²) in [5, 5.41) is 24.6. The Labute approximate surface area is 617 Å². The lowest BCUT2D eigenvalue weighted by Crippen LogP contribution is -2.62. The van der Waals surface area contributed by atoms with Crippen molar-refractivity contribution in [1.29, 1.82) is 0 Å². The predicted molar refractivity (Wildman–Crippen MR) is 395 cm³/mol. The maximum Gasteiger partial charge on any atom is 0.246 e. The van der Waals surface area contributed by atoms with Crippen LogP contribution in [0.3, 0.4) is 0 Å². The number of amides is 13. The van der Waals surface area contributed by atoms with Crippen molar-refractivity contribution in [2.24, 2.45) is 11.8 Å². The molecule has 4 aromatic rings. The smallest absolute Gasteiger partial charge is 0.246 e. The molecular weight excluding hydrogens is 1340 g/mol. The number of piperidine rings is 1. The van der Waals surface area contributed by atoms with E-state index in [1.165, 1.54) is 89.7 Å². The fraction of sp³-hybridized carbons (Fsp3) is 0.526. The molecule has 0 spiro atoms. The van der Waals surface area contributed by atoms with Crippen LogP contribution in [0, 0.1) is 11.8 Å². The van der Waals surface area contributed by atoms with E-state index < -0.39 is 162 Å². The molecule has 4 aromatic carbocycles. The number of likely N-dealkylation sites (tertiary alicyclic amines) is 1. The van der Waals surface area contributed by atoms with E-state index in [-0.39, 0.29) is 43.9 Å². The first kappa shape index (κ1) is 83.9. The summed E-state index contributed by atoms with van der Waals surface area (Å²) in [6.07, 6.45) is -0.276. The van der Waals surface area contributed by atoms with Crippen molar-refractivity contribution in [2.75, 3.05) is 69.0 Å². The summed E-state index contributed by atoms with van der Waals surface area (Å²) in [6.45, 7) is 12.9. The maximum atomic E-state index is 15.7. The number of benzene rings is 4. The van der Waals surface area contributed by atoms with Gasteiger partial charge in [0.05, 0.1) is 19.1 Å². The molecular formula is C78H109N13O14. The summed E-state index contributed by atoms with van der Waals surface area (Å²) >= 11 is 0. The molecule has 2 heterocycles. The number of carbonyl (C=O) groups is 13. The lowest BCUT2D eigenvalue weighted by molar-refractivity contribution is -0.153. The minimum Gasteiger partial charge on any atom is -0.391 e. The van der Waals surface area contributed by atoms with E-state index in [4.69, 9.17) is 0 Å². The van der Waals surface area contributed by atoms with Gasteiger partial charge in [0.2, 0.25) is 76.8 Å². The second kappa shape index (κ2) is 39.2. The molecule has 2 saturated heterocycles. The van der Waals surface area contributed by atoms with Gasteiger partial charge in [0.15, 0.2) is 0 Å². The van der Waals surface area contributed by atoms with E-state index in [1.807, 2.05) is 13.8 Å². The third-order valence-electron chi connectivity index (χ3n) is 20.1. The summed E-state index contributed by atoms with van der Waals surface area (Å²) in [5.41, 5.74) is 2.52. The van der Waals surface area contributed by atoms with Gasteiger partial charge in [-0.3, -0.25) is 62.3 Å². The van der Waals surface area contributed by atoms with Gasteiger partial charge in [-0.15, -0.1) is 0 Å². The van der Waals surface area contributed by atoms with Crippen molar-refractivity contribution in [3.8, 4) is 0 Å². The summed E-state index contributed by atoms with van der Waals surface area (Å²) in [7, 11) is 9.48. The molecule has 27 heteroatoms. The third-order valence-corrected chi connectivity index (χ3v) is 20.1. The topological polar surface area (TPSA) is 328 Å². The molecule has 105 heavy (non-hydrogen) atoms. The SMILES string of the molecule is CC(C)C[C@H]1C(=O)N(C)[C@@H](Cc2ccccc2)C(=O)N(C)[C@@H](Cc2ccccc2)C(=O)NCC(=O)N(C)[C@@H](C)C(=O)N[C@@H]([C@@H](C)O)C(=O)N[C@H](C(=O)N(C)[C@@H](Cc2ccccc2)C(=O)N(C)[C@@H](Cc2ccccc2)C(=O)N[C@@H](C)C(=O)N2CCCCC2)CC(=O)N(C)[C@@H](C)C(=O)N[C@@H](C(C)C)C(=O)N1C. The van der Waals surface area contributed by atoms with Gasteiger partial charge in [-0.05, 0) is 87.5 Å². The molecule has 12 atom stereocenters. The Bertz CT molecular complexity index is 3660. The van der Waals surface area contributed by atoms with Gasteiger partial charge in [-0.25, -0.2) is 0 Å². The minimum absolute atomic E-state index is 0.0304. The zero-order valence-corrected chi connectivity index (χ0v) is 63.4. The van der Waals surface area contributed by atoms with Crippen molar-refractivity contribution >= 4 is 76.8 Å². The molecule has 13 amide bonds. The van der Waals surface area contributed by atoms with E-state index in [9.17, 15) is 43.5 Å². The highest BCUT2D eigenvalue weighted by Crippen LogP contribution is 2.24. The van der Waals surface area contributed by atoms with Crippen LogP contribution >= 0.6 is 0 Å². The van der Waals surface area contributed by atoms with Crippen LogP contribution in [0.5, 0.6) is 0 Å². The van der Waals surface area contributed by atoms with Crippen LogP contribution in [-0.2, 0) is 88.0 Å². The quantitative estimate of drug-likeness (QED) is 0.0786. The largest absolute Gasteiger partial charge is 0.391 e. The van der Waals surface area contributed by atoms with E-state index in [1.54, 1.807) is 147 Å². The van der Waals surface area contributed by atoms with Gasteiger partial charge in [0, 0.05) is 88.1 Å². The minimum atomic E-state index is -1.95. The van der Waals surface area contributed by atoms with Crippen molar-refractivity contribution in [3.63, 3.8) is 0 Å². The van der Waals surface area contributed by atoms with Gasteiger partial charge in [0.1, 0.15) is 66.5 Å². The Balaban J connectivity index is 1.43. The highest BCUT2D eigenvalue weighted by molar-refractivity contribution is 6.01. The van der Waals surface area contributed by atoms with E-state index >= 15 is 24.0 Å². The molecule has 0 saturated carbocycles. The number of aliphatic hydroxyl groups excluding tert-OH is 1. The first-order valence-corrected chi connectivity index (χ1v) is 36.1. The Morgan fingerprint density at radius 2 is 0.943 bits per heavy atom. The average Bonchev–Trinajstić information content (AvgIpc) is 0.808. The lowest BCUT2D eigenvalue weighted by atomic mass is 9.96. The Kier molecular flexibility index (Phi) is 31.3. The monoisotopic (exact) mass is 1450 g/mol. The first-order valence-electron chi connectivity index (χ1n) is 36.1. The van der Waals surface area contributed by atoms with Crippen LogP contribution in [0.1, 0.15) is 110 Å².